The number of benzene rings is 3. The van der Waals surface area contributed by atoms with Crippen molar-refractivity contribution in [3.05, 3.63) is 84.2 Å². The molecule has 2 heterocycles. The van der Waals surface area contributed by atoms with Crippen LogP contribution < -0.4 is 0 Å². The van der Waals surface area contributed by atoms with Crippen molar-refractivity contribution >= 4 is 27.3 Å². The Morgan fingerprint density at radius 3 is 2.30 bits per heavy atom. The van der Waals surface area contributed by atoms with Crippen LogP contribution in [0.5, 0.6) is 0 Å². The number of fused-ring (bicyclic) bond motifs is 6. The zero-order valence-corrected chi connectivity index (χ0v) is 20.4. The van der Waals surface area contributed by atoms with Crippen molar-refractivity contribution in [3.8, 4) is 11.1 Å². The molecule has 0 amide bonds. The molecule has 2 nitrogen and oxygen atoms in total. The first-order chi connectivity index (χ1) is 16.0. The van der Waals surface area contributed by atoms with Gasteiger partial charge in [0.1, 0.15) is 5.65 Å². The number of unbranched alkanes of at least 4 members (excludes halogenated alkanes) is 3. The number of aryl methyl sites for hydroxylation is 1. The molecule has 5 aromatic rings. The summed E-state index contributed by atoms with van der Waals surface area (Å²) in [6.07, 6.45) is 10.3. The Morgan fingerprint density at radius 2 is 1.58 bits per heavy atom. The average molecular weight is 435 g/mol. The van der Waals surface area contributed by atoms with Crippen molar-refractivity contribution in [3.63, 3.8) is 0 Å². The molecule has 0 atom stereocenters. The fourth-order valence-corrected chi connectivity index (χ4v) is 5.03. The van der Waals surface area contributed by atoms with Crippen molar-refractivity contribution in [1.29, 1.82) is 0 Å². The third-order valence-electron chi connectivity index (χ3n) is 6.89. The number of rotatable bonds is 6. The number of imidazole rings is 1. The van der Waals surface area contributed by atoms with Crippen molar-refractivity contribution in [2.24, 2.45) is 0 Å². The van der Waals surface area contributed by atoms with Gasteiger partial charge >= 0.3 is 0 Å². The van der Waals surface area contributed by atoms with Crippen LogP contribution in [0.15, 0.2) is 73.1 Å². The molecule has 0 aliphatic carbocycles. The maximum atomic E-state index is 4.73. The Kier molecular flexibility index (Phi) is 5.70. The van der Waals surface area contributed by atoms with E-state index in [0.29, 0.717) is 0 Å². The van der Waals surface area contributed by atoms with E-state index in [1.165, 1.54) is 69.6 Å². The molecule has 0 N–H and O–H groups in total. The summed E-state index contributed by atoms with van der Waals surface area (Å²) in [5.41, 5.74) is 7.79. The van der Waals surface area contributed by atoms with Gasteiger partial charge in [0.2, 0.25) is 0 Å². The minimum atomic E-state index is 0.148. The average Bonchev–Trinajstić information content (AvgIpc) is 3.31. The zero-order chi connectivity index (χ0) is 23.0. The highest BCUT2D eigenvalue weighted by Crippen LogP contribution is 2.37. The smallest absolute Gasteiger partial charge is 0.145 e. The van der Waals surface area contributed by atoms with Gasteiger partial charge in [0.05, 0.1) is 5.52 Å². The molecular formula is C31H34N2. The standard InChI is InChI=1S/C31H34N2/c1-5-6-7-8-11-22-20-27(23-14-16-24(17-15-23)31(2,3)4)29-28(21-22)25-12-9-10-13-26(25)30-32-18-19-33(29)30/h9-10,12-21H,5-8,11H2,1-4H3. The highest BCUT2D eigenvalue weighted by atomic mass is 15.0. The lowest BCUT2D eigenvalue weighted by atomic mass is 9.86. The van der Waals surface area contributed by atoms with Gasteiger partial charge in [-0.1, -0.05) is 95.5 Å². The summed E-state index contributed by atoms with van der Waals surface area (Å²) in [6, 6.07) is 22.7. The van der Waals surface area contributed by atoms with E-state index >= 15 is 0 Å². The Hall–Kier alpha value is -3.13. The van der Waals surface area contributed by atoms with Gasteiger partial charge < -0.3 is 0 Å². The van der Waals surface area contributed by atoms with Crippen LogP contribution in [-0.2, 0) is 11.8 Å². The third kappa shape index (κ3) is 4.04. The number of pyridine rings is 1. The highest BCUT2D eigenvalue weighted by Gasteiger charge is 2.17. The number of hydrogen-bond donors (Lipinski definition) is 0. The van der Waals surface area contributed by atoms with Crippen molar-refractivity contribution in [1.82, 2.24) is 9.38 Å². The molecule has 0 fully saturated rings. The van der Waals surface area contributed by atoms with Crippen LogP contribution in [0.2, 0.25) is 0 Å². The highest BCUT2D eigenvalue weighted by molar-refractivity contribution is 6.15. The molecule has 0 aliphatic rings. The minimum Gasteiger partial charge on any atom is -0.299 e. The Balaban J connectivity index is 1.77. The van der Waals surface area contributed by atoms with E-state index in [1.807, 2.05) is 6.20 Å². The molecule has 0 unspecified atom stereocenters. The van der Waals surface area contributed by atoms with E-state index in [4.69, 9.17) is 4.98 Å². The first-order valence-corrected chi connectivity index (χ1v) is 12.4. The van der Waals surface area contributed by atoms with Crippen molar-refractivity contribution in [2.45, 2.75) is 65.2 Å². The summed E-state index contributed by atoms with van der Waals surface area (Å²) < 4.78 is 2.28. The molecule has 2 aromatic heterocycles. The van der Waals surface area contributed by atoms with E-state index in [1.54, 1.807) is 0 Å². The monoisotopic (exact) mass is 434 g/mol. The summed E-state index contributed by atoms with van der Waals surface area (Å²) in [5, 5.41) is 3.82. The molecule has 33 heavy (non-hydrogen) atoms. The van der Waals surface area contributed by atoms with Crippen LogP contribution in [0.1, 0.15) is 64.5 Å². The molecular weight excluding hydrogens is 400 g/mol. The fourth-order valence-electron chi connectivity index (χ4n) is 5.03. The van der Waals surface area contributed by atoms with E-state index in [2.05, 4.69) is 99.0 Å². The van der Waals surface area contributed by atoms with Gasteiger partial charge in [0, 0.05) is 28.7 Å². The van der Waals surface area contributed by atoms with E-state index in [9.17, 15) is 0 Å². The summed E-state index contributed by atoms with van der Waals surface area (Å²) in [6.45, 7) is 9.10. The molecule has 0 saturated carbocycles. The second-order valence-corrected chi connectivity index (χ2v) is 10.3. The molecule has 0 bridgehead atoms. The fraction of sp³-hybridized carbons (Fsp3) is 0.323. The quantitative estimate of drug-likeness (QED) is 0.193. The Labute approximate surface area is 197 Å². The molecule has 2 heteroatoms. The maximum absolute atomic E-state index is 4.73. The normalized spacial score (nSPS) is 12.2. The van der Waals surface area contributed by atoms with Gasteiger partial charge in [0.25, 0.3) is 0 Å². The lowest BCUT2D eigenvalue weighted by Gasteiger charge is -2.20. The first kappa shape index (κ1) is 21.7. The second-order valence-electron chi connectivity index (χ2n) is 10.3. The topological polar surface area (TPSA) is 17.3 Å². The predicted octanol–water partition coefficient (Wildman–Crippen LogP) is 8.73. The summed E-state index contributed by atoms with van der Waals surface area (Å²) in [7, 11) is 0. The minimum absolute atomic E-state index is 0.148. The van der Waals surface area contributed by atoms with Crippen LogP contribution >= 0.6 is 0 Å². The Morgan fingerprint density at radius 1 is 0.818 bits per heavy atom. The van der Waals surface area contributed by atoms with Crippen LogP contribution in [0.4, 0.5) is 0 Å². The van der Waals surface area contributed by atoms with Crippen LogP contribution in [-0.4, -0.2) is 9.38 Å². The van der Waals surface area contributed by atoms with E-state index < -0.39 is 0 Å². The number of aromatic nitrogens is 2. The molecule has 3 aromatic carbocycles. The molecule has 0 saturated heterocycles. The first-order valence-electron chi connectivity index (χ1n) is 12.4. The van der Waals surface area contributed by atoms with Crippen LogP contribution in [0.3, 0.4) is 0 Å². The summed E-state index contributed by atoms with van der Waals surface area (Å²) in [4.78, 5) is 4.73. The number of nitrogens with zero attached hydrogens (tertiary/aromatic N) is 2. The summed E-state index contributed by atoms with van der Waals surface area (Å²) in [5.74, 6) is 0. The molecule has 0 aliphatic heterocycles. The third-order valence-corrected chi connectivity index (χ3v) is 6.89. The van der Waals surface area contributed by atoms with Gasteiger partial charge in [-0.05, 0) is 52.5 Å². The van der Waals surface area contributed by atoms with Gasteiger partial charge in [-0.3, -0.25) is 4.40 Å². The Bertz CT molecular complexity index is 1420. The zero-order valence-electron chi connectivity index (χ0n) is 20.4. The van der Waals surface area contributed by atoms with Crippen LogP contribution in [0, 0.1) is 0 Å². The van der Waals surface area contributed by atoms with E-state index in [-0.39, 0.29) is 5.41 Å². The lowest BCUT2D eigenvalue weighted by Crippen LogP contribution is -2.10. The SMILES string of the molecule is CCCCCCc1cc(-c2ccc(C(C)(C)C)cc2)c2c(c1)c1ccccc1c1nccn12. The van der Waals surface area contributed by atoms with Crippen molar-refractivity contribution in [2.75, 3.05) is 0 Å². The van der Waals surface area contributed by atoms with Gasteiger partial charge in [-0.2, -0.15) is 0 Å². The summed E-state index contributed by atoms with van der Waals surface area (Å²) >= 11 is 0. The molecule has 5 rings (SSSR count). The molecule has 168 valence electrons. The molecule has 0 spiro atoms. The largest absolute Gasteiger partial charge is 0.299 e. The van der Waals surface area contributed by atoms with Gasteiger partial charge in [0.15, 0.2) is 0 Å². The van der Waals surface area contributed by atoms with Crippen LogP contribution in [0.25, 0.3) is 38.4 Å². The number of hydrogen-bond acceptors (Lipinski definition) is 1. The predicted molar refractivity (Wildman–Crippen MR) is 142 cm³/mol. The van der Waals surface area contributed by atoms with Gasteiger partial charge in [-0.15, -0.1) is 0 Å². The molecule has 0 radical (unpaired) electrons. The maximum Gasteiger partial charge on any atom is 0.145 e. The lowest BCUT2D eigenvalue weighted by molar-refractivity contribution is 0.590. The second kappa shape index (κ2) is 8.67. The van der Waals surface area contributed by atoms with Crippen molar-refractivity contribution < 1.29 is 0 Å². The van der Waals surface area contributed by atoms with Gasteiger partial charge in [-0.25, -0.2) is 4.98 Å². The van der Waals surface area contributed by atoms with E-state index in [0.717, 1.165) is 12.1 Å².